The highest BCUT2D eigenvalue weighted by molar-refractivity contribution is 7.80. The van der Waals surface area contributed by atoms with Gasteiger partial charge in [0.05, 0.1) is 0 Å². The third-order valence-corrected chi connectivity index (χ3v) is 4.16. The first-order valence-electron chi connectivity index (χ1n) is 7.02. The van der Waals surface area contributed by atoms with Crippen LogP contribution in [-0.2, 0) is 6.42 Å². The Hall–Kier alpha value is -1.29. The number of rotatable bonds is 4. The number of anilines is 1. The van der Waals surface area contributed by atoms with E-state index in [9.17, 15) is 0 Å². The monoisotopic (exact) mass is 352 g/mol. The molecule has 2 rings (SSSR count). The summed E-state index contributed by atoms with van der Waals surface area (Å²) in [5, 5.41) is 8.34. The second-order valence-corrected chi connectivity index (χ2v) is 6.44. The van der Waals surface area contributed by atoms with E-state index in [0.29, 0.717) is 21.7 Å². The second-order valence-electron chi connectivity index (χ2n) is 5.19. The summed E-state index contributed by atoms with van der Waals surface area (Å²) in [6, 6.07) is 11.8. The van der Waals surface area contributed by atoms with Crippen molar-refractivity contribution in [3.05, 3.63) is 63.1 Å². The molecule has 2 nitrogen and oxygen atoms in total. The molecule has 2 aromatic carbocycles. The summed E-state index contributed by atoms with van der Waals surface area (Å²) in [5.74, 6) is 0. The van der Waals surface area contributed by atoms with Gasteiger partial charge in [-0.25, -0.2) is 0 Å². The quantitative estimate of drug-likeness (QED) is 0.745. The summed E-state index contributed by atoms with van der Waals surface area (Å²) < 4.78 is 0. The van der Waals surface area contributed by atoms with Crippen LogP contribution < -0.4 is 10.6 Å². The molecule has 5 heteroatoms. The van der Waals surface area contributed by atoms with Crippen LogP contribution in [0.2, 0.25) is 10.0 Å². The summed E-state index contributed by atoms with van der Waals surface area (Å²) in [5.41, 5.74) is 4.48. The summed E-state index contributed by atoms with van der Waals surface area (Å²) in [7, 11) is 0. The minimum absolute atomic E-state index is 0.608. The standard InChI is InChI=1S/C17H18Cl2N2S/c1-11-3-6-16(12(2)9-11)21-17(22)20-8-7-13-4-5-14(18)10-15(13)19/h3-6,9-10H,7-8H2,1-2H3,(H2,20,21,22). The Balaban J connectivity index is 1.85. The predicted octanol–water partition coefficient (Wildman–Crippen LogP) is 5.14. The Bertz CT molecular complexity index is 686. The van der Waals surface area contributed by atoms with E-state index in [0.717, 1.165) is 17.7 Å². The molecule has 22 heavy (non-hydrogen) atoms. The summed E-state index contributed by atoms with van der Waals surface area (Å²) >= 11 is 17.4. The van der Waals surface area contributed by atoms with Crippen LogP contribution in [0, 0.1) is 13.8 Å². The molecule has 0 aliphatic carbocycles. The zero-order chi connectivity index (χ0) is 16.1. The van der Waals surface area contributed by atoms with Gasteiger partial charge in [0.15, 0.2) is 5.11 Å². The molecule has 0 atom stereocenters. The van der Waals surface area contributed by atoms with Crippen molar-refractivity contribution in [2.24, 2.45) is 0 Å². The fraction of sp³-hybridized carbons (Fsp3) is 0.235. The van der Waals surface area contributed by atoms with Gasteiger partial charge in [-0.2, -0.15) is 0 Å². The summed E-state index contributed by atoms with van der Waals surface area (Å²) in [4.78, 5) is 0. The van der Waals surface area contributed by atoms with Crippen molar-refractivity contribution in [3.63, 3.8) is 0 Å². The molecule has 0 unspecified atom stereocenters. The van der Waals surface area contributed by atoms with Crippen LogP contribution in [0.4, 0.5) is 5.69 Å². The van der Waals surface area contributed by atoms with Crippen molar-refractivity contribution in [2.75, 3.05) is 11.9 Å². The molecule has 2 N–H and O–H groups in total. The number of hydrogen-bond acceptors (Lipinski definition) is 1. The molecule has 0 spiro atoms. The van der Waals surface area contributed by atoms with Gasteiger partial charge in [-0.15, -0.1) is 0 Å². The molecule has 2 aromatic rings. The van der Waals surface area contributed by atoms with Crippen LogP contribution in [0.25, 0.3) is 0 Å². The van der Waals surface area contributed by atoms with Crippen LogP contribution >= 0.6 is 35.4 Å². The van der Waals surface area contributed by atoms with Gasteiger partial charge in [0.2, 0.25) is 0 Å². The van der Waals surface area contributed by atoms with Gasteiger partial charge in [-0.05, 0) is 61.8 Å². The molecule has 0 aliphatic heterocycles. The van der Waals surface area contributed by atoms with Crippen molar-refractivity contribution in [1.29, 1.82) is 0 Å². The van der Waals surface area contributed by atoms with E-state index in [4.69, 9.17) is 35.4 Å². The molecule has 0 aromatic heterocycles. The largest absolute Gasteiger partial charge is 0.362 e. The van der Waals surface area contributed by atoms with Gasteiger partial charge in [0, 0.05) is 22.3 Å². The third kappa shape index (κ3) is 4.87. The average Bonchev–Trinajstić information content (AvgIpc) is 2.44. The van der Waals surface area contributed by atoms with Crippen LogP contribution in [0.5, 0.6) is 0 Å². The minimum Gasteiger partial charge on any atom is -0.362 e. The Kier molecular flexibility index (Phi) is 6.07. The molecule has 116 valence electrons. The molecule has 0 fully saturated rings. The highest BCUT2D eigenvalue weighted by Crippen LogP contribution is 2.21. The molecule has 0 saturated heterocycles. The molecule has 0 aliphatic rings. The first kappa shape index (κ1) is 17.1. The number of nitrogens with one attached hydrogen (secondary N) is 2. The summed E-state index contributed by atoms with van der Waals surface area (Å²) in [6.45, 7) is 4.84. The third-order valence-electron chi connectivity index (χ3n) is 3.33. The number of benzene rings is 2. The molecule has 0 amide bonds. The van der Waals surface area contributed by atoms with Crippen LogP contribution in [0.15, 0.2) is 36.4 Å². The van der Waals surface area contributed by atoms with E-state index in [1.54, 1.807) is 6.07 Å². The van der Waals surface area contributed by atoms with E-state index in [2.05, 4.69) is 36.6 Å². The molecule has 0 heterocycles. The van der Waals surface area contributed by atoms with Crippen molar-refractivity contribution in [2.45, 2.75) is 20.3 Å². The lowest BCUT2D eigenvalue weighted by Crippen LogP contribution is -2.30. The zero-order valence-corrected chi connectivity index (χ0v) is 14.9. The number of aryl methyl sites for hydroxylation is 2. The van der Waals surface area contributed by atoms with Gasteiger partial charge < -0.3 is 10.6 Å². The van der Waals surface area contributed by atoms with Gasteiger partial charge in [0.1, 0.15) is 0 Å². The van der Waals surface area contributed by atoms with Crippen molar-refractivity contribution < 1.29 is 0 Å². The predicted molar refractivity (Wildman–Crippen MR) is 100 cm³/mol. The smallest absolute Gasteiger partial charge is 0.170 e. The number of halogens is 2. The maximum absolute atomic E-state index is 6.15. The van der Waals surface area contributed by atoms with Crippen molar-refractivity contribution >= 4 is 46.2 Å². The van der Waals surface area contributed by atoms with Crippen LogP contribution in [-0.4, -0.2) is 11.7 Å². The van der Waals surface area contributed by atoms with Crippen molar-refractivity contribution in [3.8, 4) is 0 Å². The Morgan fingerprint density at radius 1 is 1.09 bits per heavy atom. The van der Waals surface area contributed by atoms with Gasteiger partial charge in [0.25, 0.3) is 0 Å². The fourth-order valence-corrected chi connectivity index (χ4v) is 2.87. The maximum atomic E-state index is 6.15. The SMILES string of the molecule is Cc1ccc(NC(=S)NCCc2ccc(Cl)cc2Cl)c(C)c1. The summed E-state index contributed by atoms with van der Waals surface area (Å²) in [6.07, 6.45) is 0.782. The Labute approximate surface area is 146 Å². The normalized spacial score (nSPS) is 10.4. The number of thiocarbonyl (C=S) groups is 1. The number of hydrogen-bond donors (Lipinski definition) is 2. The van der Waals surface area contributed by atoms with E-state index in [-0.39, 0.29) is 0 Å². The molecular weight excluding hydrogens is 335 g/mol. The first-order chi connectivity index (χ1) is 10.5. The molecular formula is C17H18Cl2N2S. The van der Waals surface area contributed by atoms with E-state index < -0.39 is 0 Å². The van der Waals surface area contributed by atoms with Gasteiger partial charge in [-0.1, -0.05) is 47.0 Å². The van der Waals surface area contributed by atoms with Crippen molar-refractivity contribution in [1.82, 2.24) is 5.32 Å². The minimum atomic E-state index is 0.608. The molecule has 0 radical (unpaired) electrons. The lowest BCUT2D eigenvalue weighted by molar-refractivity contribution is 0.873. The van der Waals surface area contributed by atoms with Gasteiger partial charge in [-0.3, -0.25) is 0 Å². The highest BCUT2D eigenvalue weighted by atomic mass is 35.5. The molecule has 0 saturated carbocycles. The van der Waals surface area contributed by atoms with E-state index in [1.165, 1.54) is 11.1 Å². The van der Waals surface area contributed by atoms with Gasteiger partial charge >= 0.3 is 0 Å². The second kappa shape index (κ2) is 7.82. The first-order valence-corrected chi connectivity index (χ1v) is 8.18. The highest BCUT2D eigenvalue weighted by Gasteiger charge is 2.03. The van der Waals surface area contributed by atoms with E-state index >= 15 is 0 Å². The topological polar surface area (TPSA) is 24.1 Å². The van der Waals surface area contributed by atoms with E-state index in [1.807, 2.05) is 18.2 Å². The molecule has 0 bridgehead atoms. The Morgan fingerprint density at radius 3 is 2.55 bits per heavy atom. The zero-order valence-electron chi connectivity index (χ0n) is 12.5. The van der Waals surface area contributed by atoms with Crippen LogP contribution in [0.1, 0.15) is 16.7 Å². The van der Waals surface area contributed by atoms with Crippen LogP contribution in [0.3, 0.4) is 0 Å². The lowest BCUT2D eigenvalue weighted by atomic mass is 10.1. The lowest BCUT2D eigenvalue weighted by Gasteiger charge is -2.13. The average molecular weight is 353 g/mol. The maximum Gasteiger partial charge on any atom is 0.170 e. The fourth-order valence-electron chi connectivity index (χ4n) is 2.16. The Morgan fingerprint density at radius 2 is 1.86 bits per heavy atom.